The molecule has 74 valence electrons. The van der Waals surface area contributed by atoms with E-state index in [1.807, 2.05) is 31.2 Å². The van der Waals surface area contributed by atoms with Crippen molar-refractivity contribution >= 4 is 11.6 Å². The lowest BCUT2D eigenvalue weighted by Crippen LogP contribution is -1.94. The summed E-state index contributed by atoms with van der Waals surface area (Å²) in [6.45, 7) is 2.03. The summed E-state index contributed by atoms with van der Waals surface area (Å²) in [6.07, 6.45) is 1.74. The summed E-state index contributed by atoms with van der Waals surface area (Å²) in [7, 11) is 0. The number of aromatic nitrogens is 1. The lowest BCUT2D eigenvalue weighted by atomic mass is 10.2. The van der Waals surface area contributed by atoms with Crippen LogP contribution in [0.15, 0.2) is 36.5 Å². The van der Waals surface area contributed by atoms with E-state index in [1.165, 1.54) is 5.56 Å². The molecule has 0 saturated carbocycles. The van der Waals surface area contributed by atoms with Gasteiger partial charge in [0, 0.05) is 11.9 Å². The Hall–Kier alpha value is -1.72. The second-order valence-electron chi connectivity index (χ2n) is 3.36. The first-order chi connectivity index (χ1) is 7.20. The highest BCUT2D eigenvalue weighted by atomic mass is 35.5. The molecule has 0 aliphatic carbocycles. The highest BCUT2D eigenvalue weighted by Crippen LogP contribution is 2.18. The van der Waals surface area contributed by atoms with Crippen molar-refractivity contribution in [2.75, 3.05) is 0 Å². The van der Waals surface area contributed by atoms with Crippen molar-refractivity contribution in [3.8, 4) is 11.8 Å². The summed E-state index contributed by atoms with van der Waals surface area (Å²) in [5, 5.41) is 9.49. The minimum atomic E-state index is 0.545. The highest BCUT2D eigenvalue weighted by molar-refractivity contribution is 6.30. The van der Waals surface area contributed by atoms with Gasteiger partial charge in [0.2, 0.25) is 0 Å². The van der Waals surface area contributed by atoms with E-state index in [1.54, 1.807) is 16.8 Å². The van der Waals surface area contributed by atoms with Crippen LogP contribution in [0.5, 0.6) is 0 Å². The molecular weight excluding hydrogens is 208 g/mol. The first kappa shape index (κ1) is 9.82. The molecule has 0 spiro atoms. The van der Waals surface area contributed by atoms with Crippen molar-refractivity contribution in [3.63, 3.8) is 0 Å². The SMILES string of the molecule is Cc1ccc(-n2cc(Cl)cc2C#N)cc1. The van der Waals surface area contributed by atoms with Gasteiger partial charge in [-0.2, -0.15) is 5.26 Å². The zero-order chi connectivity index (χ0) is 10.8. The number of nitrogens with zero attached hydrogens (tertiary/aromatic N) is 2. The lowest BCUT2D eigenvalue weighted by Gasteiger charge is -2.04. The Morgan fingerprint density at radius 2 is 1.93 bits per heavy atom. The molecule has 0 amide bonds. The number of halogens is 1. The summed E-state index contributed by atoms with van der Waals surface area (Å²) >= 11 is 5.85. The third kappa shape index (κ3) is 1.88. The quantitative estimate of drug-likeness (QED) is 0.719. The zero-order valence-electron chi connectivity index (χ0n) is 8.24. The molecule has 1 aromatic carbocycles. The highest BCUT2D eigenvalue weighted by Gasteiger charge is 2.05. The van der Waals surface area contributed by atoms with Gasteiger partial charge in [-0.1, -0.05) is 29.3 Å². The van der Waals surface area contributed by atoms with Gasteiger partial charge in [0.15, 0.2) is 0 Å². The van der Waals surface area contributed by atoms with Crippen LogP contribution in [-0.4, -0.2) is 4.57 Å². The first-order valence-corrected chi connectivity index (χ1v) is 4.93. The van der Waals surface area contributed by atoms with Crippen molar-refractivity contribution < 1.29 is 0 Å². The molecular formula is C12H9ClN2. The second-order valence-corrected chi connectivity index (χ2v) is 3.80. The van der Waals surface area contributed by atoms with Gasteiger partial charge in [-0.05, 0) is 25.1 Å². The standard InChI is InChI=1S/C12H9ClN2/c1-9-2-4-11(5-3-9)15-8-10(13)6-12(15)7-14/h2-6,8H,1H3. The Bertz CT molecular complexity index is 518. The molecule has 1 heterocycles. The summed E-state index contributed by atoms with van der Waals surface area (Å²) < 4.78 is 1.78. The molecule has 0 radical (unpaired) electrons. The van der Waals surface area contributed by atoms with Gasteiger partial charge < -0.3 is 4.57 Å². The van der Waals surface area contributed by atoms with Crippen molar-refractivity contribution in [3.05, 3.63) is 52.8 Å². The van der Waals surface area contributed by atoms with E-state index in [4.69, 9.17) is 16.9 Å². The Morgan fingerprint density at radius 1 is 1.27 bits per heavy atom. The van der Waals surface area contributed by atoms with Crippen LogP contribution in [0.1, 0.15) is 11.3 Å². The second kappa shape index (κ2) is 3.80. The van der Waals surface area contributed by atoms with Crippen LogP contribution >= 0.6 is 11.6 Å². The lowest BCUT2D eigenvalue weighted by molar-refractivity contribution is 1.05. The molecule has 0 N–H and O–H groups in total. The third-order valence-corrected chi connectivity index (χ3v) is 2.42. The monoisotopic (exact) mass is 216 g/mol. The summed E-state index contributed by atoms with van der Waals surface area (Å²) in [4.78, 5) is 0. The van der Waals surface area contributed by atoms with Crippen LogP contribution in [0.3, 0.4) is 0 Å². The van der Waals surface area contributed by atoms with Gasteiger partial charge in [0.1, 0.15) is 11.8 Å². The summed E-state index contributed by atoms with van der Waals surface area (Å²) in [5.41, 5.74) is 2.68. The van der Waals surface area contributed by atoms with Crippen molar-refractivity contribution in [2.24, 2.45) is 0 Å². The first-order valence-electron chi connectivity index (χ1n) is 4.56. The fraction of sp³-hybridized carbons (Fsp3) is 0.0833. The molecule has 15 heavy (non-hydrogen) atoms. The smallest absolute Gasteiger partial charge is 0.126 e. The van der Waals surface area contributed by atoms with E-state index in [0.717, 1.165) is 5.69 Å². The number of rotatable bonds is 1. The van der Waals surface area contributed by atoms with Crippen molar-refractivity contribution in [1.29, 1.82) is 5.26 Å². The molecule has 3 heteroatoms. The van der Waals surface area contributed by atoms with E-state index in [9.17, 15) is 0 Å². The molecule has 0 aliphatic heterocycles. The fourth-order valence-corrected chi connectivity index (χ4v) is 1.64. The normalized spacial score (nSPS) is 9.93. The predicted octanol–water partition coefficient (Wildman–Crippen LogP) is 3.31. The molecule has 2 aromatic rings. The molecule has 0 atom stereocenters. The minimum Gasteiger partial charge on any atom is -0.307 e. The maximum atomic E-state index is 8.92. The van der Waals surface area contributed by atoms with Gasteiger partial charge in [-0.25, -0.2) is 0 Å². The van der Waals surface area contributed by atoms with E-state index in [-0.39, 0.29) is 0 Å². The van der Waals surface area contributed by atoms with Gasteiger partial charge in [0.05, 0.1) is 5.02 Å². The zero-order valence-corrected chi connectivity index (χ0v) is 8.99. The molecule has 0 saturated heterocycles. The Balaban J connectivity index is 2.54. The summed E-state index contributed by atoms with van der Waals surface area (Å²) in [6, 6.07) is 11.7. The molecule has 0 unspecified atom stereocenters. The molecule has 0 fully saturated rings. The maximum absolute atomic E-state index is 8.92. The van der Waals surface area contributed by atoms with Crippen molar-refractivity contribution in [2.45, 2.75) is 6.92 Å². The molecule has 0 bridgehead atoms. The average molecular weight is 217 g/mol. The number of hydrogen-bond acceptors (Lipinski definition) is 1. The van der Waals surface area contributed by atoms with Gasteiger partial charge >= 0.3 is 0 Å². The van der Waals surface area contributed by atoms with Crippen molar-refractivity contribution in [1.82, 2.24) is 4.57 Å². The number of hydrogen-bond donors (Lipinski definition) is 0. The van der Waals surface area contributed by atoms with Crippen LogP contribution < -0.4 is 0 Å². The van der Waals surface area contributed by atoms with Gasteiger partial charge in [-0.3, -0.25) is 0 Å². The van der Waals surface area contributed by atoms with Gasteiger partial charge in [-0.15, -0.1) is 0 Å². The minimum absolute atomic E-state index is 0.545. The topological polar surface area (TPSA) is 28.7 Å². The van der Waals surface area contributed by atoms with Crippen LogP contribution in [-0.2, 0) is 0 Å². The van der Waals surface area contributed by atoms with Gasteiger partial charge in [0.25, 0.3) is 0 Å². The molecule has 2 nitrogen and oxygen atoms in total. The number of aryl methyl sites for hydroxylation is 1. The number of benzene rings is 1. The fourth-order valence-electron chi connectivity index (χ4n) is 1.44. The Labute approximate surface area is 93.3 Å². The van der Waals surface area contributed by atoms with Crippen LogP contribution in [0.2, 0.25) is 5.02 Å². The largest absolute Gasteiger partial charge is 0.307 e. The molecule has 2 rings (SSSR count). The van der Waals surface area contributed by atoms with E-state index in [0.29, 0.717) is 10.7 Å². The van der Waals surface area contributed by atoms with E-state index in [2.05, 4.69) is 6.07 Å². The average Bonchev–Trinajstić information content (AvgIpc) is 2.61. The maximum Gasteiger partial charge on any atom is 0.126 e. The van der Waals surface area contributed by atoms with Crippen LogP contribution in [0.25, 0.3) is 5.69 Å². The van der Waals surface area contributed by atoms with E-state index < -0.39 is 0 Å². The van der Waals surface area contributed by atoms with Crippen LogP contribution in [0, 0.1) is 18.3 Å². The molecule has 1 aromatic heterocycles. The Kier molecular flexibility index (Phi) is 2.49. The predicted molar refractivity (Wildman–Crippen MR) is 60.2 cm³/mol. The summed E-state index contributed by atoms with van der Waals surface area (Å²) in [5.74, 6) is 0. The Morgan fingerprint density at radius 3 is 2.53 bits per heavy atom. The van der Waals surface area contributed by atoms with Crippen LogP contribution in [0.4, 0.5) is 0 Å². The number of nitriles is 1. The third-order valence-electron chi connectivity index (χ3n) is 2.21. The van der Waals surface area contributed by atoms with E-state index >= 15 is 0 Å². The molecule has 0 aliphatic rings.